The number of nitrogens with zero attached hydrogens (tertiary/aromatic N) is 1. The molecule has 1 aromatic carbocycles. The van der Waals surface area contributed by atoms with Crippen LogP contribution in [0.5, 0.6) is 0 Å². The lowest BCUT2D eigenvalue weighted by atomic mass is 9.81. The Balaban J connectivity index is 2.34. The van der Waals surface area contributed by atoms with Gasteiger partial charge in [-0.1, -0.05) is 51.1 Å². The Kier molecular flexibility index (Phi) is 3.84. The highest BCUT2D eigenvalue weighted by molar-refractivity contribution is 5.88. The first-order valence-corrected chi connectivity index (χ1v) is 6.94. The summed E-state index contributed by atoms with van der Waals surface area (Å²) in [5, 5.41) is 0. The quantitative estimate of drug-likeness (QED) is 0.917. The van der Waals surface area contributed by atoms with Crippen LogP contribution in [0.1, 0.15) is 38.8 Å². The lowest BCUT2D eigenvalue weighted by Gasteiger charge is -2.38. The first-order chi connectivity index (χ1) is 9.30. The number of likely N-dealkylation sites (tertiary alicyclic amines) is 1. The van der Waals surface area contributed by atoms with Crippen molar-refractivity contribution in [2.45, 2.75) is 33.2 Å². The largest absolute Gasteiger partial charge is 0.369 e. The van der Waals surface area contributed by atoms with Gasteiger partial charge < -0.3 is 10.6 Å². The molecule has 0 aromatic heterocycles. The molecule has 0 bridgehead atoms. The molecule has 0 saturated carbocycles. The second kappa shape index (κ2) is 5.27. The summed E-state index contributed by atoms with van der Waals surface area (Å²) in [5.41, 5.74) is 6.34. The van der Waals surface area contributed by atoms with Crippen molar-refractivity contribution in [3.63, 3.8) is 0 Å². The molecular formula is C16H22N2O2. The number of amides is 2. The molecule has 2 rings (SSSR count). The summed E-state index contributed by atoms with van der Waals surface area (Å²) in [6.45, 7) is 6.74. The van der Waals surface area contributed by atoms with Crippen LogP contribution in [0.2, 0.25) is 0 Å². The Labute approximate surface area is 119 Å². The van der Waals surface area contributed by atoms with Crippen LogP contribution in [-0.4, -0.2) is 23.3 Å². The molecule has 1 aromatic rings. The highest BCUT2D eigenvalue weighted by atomic mass is 16.2. The van der Waals surface area contributed by atoms with E-state index in [1.165, 1.54) is 0 Å². The fourth-order valence-electron chi connectivity index (χ4n) is 2.95. The predicted octanol–water partition coefficient (Wildman–Crippen LogP) is 2.11. The van der Waals surface area contributed by atoms with Crippen LogP contribution >= 0.6 is 0 Å². The fraction of sp³-hybridized carbons (Fsp3) is 0.500. The van der Waals surface area contributed by atoms with E-state index >= 15 is 0 Å². The van der Waals surface area contributed by atoms with E-state index in [2.05, 4.69) is 20.8 Å². The standard InChI is InChI=1S/C16H22N2O2/c1-16(2,3)14(11-7-5-4-6-8-11)18-10-12(15(17)20)9-13(18)19/h4-8,12,14H,9-10H2,1-3H3,(H2,17,20). The van der Waals surface area contributed by atoms with Gasteiger partial charge in [0.2, 0.25) is 11.8 Å². The summed E-state index contributed by atoms with van der Waals surface area (Å²) >= 11 is 0. The van der Waals surface area contributed by atoms with E-state index in [4.69, 9.17) is 5.73 Å². The first kappa shape index (κ1) is 14.6. The molecule has 1 saturated heterocycles. The van der Waals surface area contributed by atoms with E-state index in [1.54, 1.807) is 0 Å². The molecule has 0 spiro atoms. The van der Waals surface area contributed by atoms with Crippen LogP contribution in [0.15, 0.2) is 30.3 Å². The van der Waals surface area contributed by atoms with Gasteiger partial charge in [-0.25, -0.2) is 0 Å². The minimum atomic E-state index is -0.387. The van der Waals surface area contributed by atoms with Gasteiger partial charge in [0.25, 0.3) is 0 Å². The van der Waals surface area contributed by atoms with Crippen LogP contribution < -0.4 is 5.73 Å². The Bertz CT molecular complexity index is 505. The molecule has 0 aliphatic carbocycles. The number of benzene rings is 1. The van der Waals surface area contributed by atoms with Crippen molar-refractivity contribution in [3.8, 4) is 0 Å². The van der Waals surface area contributed by atoms with E-state index < -0.39 is 0 Å². The zero-order chi connectivity index (χ0) is 14.9. The molecule has 2 unspecified atom stereocenters. The van der Waals surface area contributed by atoms with Gasteiger partial charge >= 0.3 is 0 Å². The van der Waals surface area contributed by atoms with E-state index in [0.29, 0.717) is 6.54 Å². The molecule has 2 amide bonds. The molecule has 1 aliphatic heterocycles. The van der Waals surface area contributed by atoms with Crippen LogP contribution in [0.4, 0.5) is 0 Å². The summed E-state index contributed by atoms with van der Waals surface area (Å²) in [6.07, 6.45) is 0.231. The summed E-state index contributed by atoms with van der Waals surface area (Å²) < 4.78 is 0. The van der Waals surface area contributed by atoms with E-state index in [9.17, 15) is 9.59 Å². The highest BCUT2D eigenvalue weighted by Crippen LogP contribution is 2.40. The van der Waals surface area contributed by atoms with E-state index in [1.807, 2.05) is 35.2 Å². The molecule has 108 valence electrons. The first-order valence-electron chi connectivity index (χ1n) is 6.94. The molecule has 4 heteroatoms. The smallest absolute Gasteiger partial charge is 0.223 e. The van der Waals surface area contributed by atoms with Crippen LogP contribution in [-0.2, 0) is 9.59 Å². The Morgan fingerprint density at radius 1 is 1.30 bits per heavy atom. The number of hydrogen-bond acceptors (Lipinski definition) is 2. The van der Waals surface area contributed by atoms with Crippen molar-refractivity contribution in [3.05, 3.63) is 35.9 Å². The fourth-order valence-corrected chi connectivity index (χ4v) is 2.95. The van der Waals surface area contributed by atoms with Crippen molar-refractivity contribution in [2.75, 3.05) is 6.54 Å². The zero-order valence-electron chi connectivity index (χ0n) is 12.3. The maximum absolute atomic E-state index is 12.3. The molecule has 2 atom stereocenters. The third kappa shape index (κ3) is 2.84. The third-order valence-electron chi connectivity index (χ3n) is 3.81. The molecule has 4 nitrogen and oxygen atoms in total. The van der Waals surface area contributed by atoms with Crippen molar-refractivity contribution >= 4 is 11.8 Å². The number of hydrogen-bond donors (Lipinski definition) is 1. The van der Waals surface area contributed by atoms with E-state index in [-0.39, 0.29) is 35.6 Å². The number of carbonyl (C=O) groups excluding carboxylic acids is 2. The predicted molar refractivity (Wildman–Crippen MR) is 77.7 cm³/mol. The van der Waals surface area contributed by atoms with Crippen molar-refractivity contribution in [1.82, 2.24) is 4.90 Å². The minimum Gasteiger partial charge on any atom is -0.369 e. The molecule has 0 radical (unpaired) electrons. The molecular weight excluding hydrogens is 252 g/mol. The van der Waals surface area contributed by atoms with Crippen LogP contribution in [0, 0.1) is 11.3 Å². The lowest BCUT2D eigenvalue weighted by molar-refractivity contribution is -0.132. The van der Waals surface area contributed by atoms with E-state index in [0.717, 1.165) is 5.56 Å². The number of carbonyl (C=O) groups is 2. The molecule has 1 fully saturated rings. The number of nitrogens with two attached hydrogens (primary N) is 1. The van der Waals surface area contributed by atoms with Crippen LogP contribution in [0.3, 0.4) is 0 Å². The SMILES string of the molecule is CC(C)(C)C(c1ccccc1)N1CC(C(N)=O)CC1=O. The third-order valence-corrected chi connectivity index (χ3v) is 3.81. The summed E-state index contributed by atoms with van der Waals surface area (Å²) in [4.78, 5) is 25.4. The summed E-state index contributed by atoms with van der Waals surface area (Å²) in [6, 6.07) is 9.92. The van der Waals surface area contributed by atoms with Gasteiger partial charge in [-0.15, -0.1) is 0 Å². The molecule has 1 heterocycles. The normalized spacial score (nSPS) is 21.1. The van der Waals surface area contributed by atoms with Crippen molar-refractivity contribution in [1.29, 1.82) is 0 Å². The summed E-state index contributed by atoms with van der Waals surface area (Å²) in [5.74, 6) is -0.741. The molecule has 2 N–H and O–H groups in total. The van der Waals surface area contributed by atoms with Crippen LogP contribution in [0.25, 0.3) is 0 Å². The summed E-state index contributed by atoms with van der Waals surface area (Å²) in [7, 11) is 0. The van der Waals surface area contributed by atoms with Gasteiger partial charge in [0.05, 0.1) is 12.0 Å². The lowest BCUT2D eigenvalue weighted by Crippen LogP contribution is -2.38. The highest BCUT2D eigenvalue weighted by Gasteiger charge is 2.41. The second-order valence-corrected chi connectivity index (χ2v) is 6.53. The van der Waals surface area contributed by atoms with Crippen molar-refractivity contribution in [2.24, 2.45) is 17.1 Å². The number of rotatable bonds is 3. The average Bonchev–Trinajstić information content (AvgIpc) is 2.72. The minimum absolute atomic E-state index is 0.0116. The monoisotopic (exact) mass is 274 g/mol. The topological polar surface area (TPSA) is 63.4 Å². The Morgan fingerprint density at radius 2 is 1.90 bits per heavy atom. The second-order valence-electron chi connectivity index (χ2n) is 6.53. The van der Waals surface area contributed by atoms with Gasteiger partial charge in [-0.2, -0.15) is 0 Å². The maximum atomic E-state index is 12.3. The van der Waals surface area contributed by atoms with Gasteiger partial charge in [0, 0.05) is 13.0 Å². The number of primary amides is 1. The van der Waals surface area contributed by atoms with Gasteiger partial charge in [-0.3, -0.25) is 9.59 Å². The zero-order valence-corrected chi connectivity index (χ0v) is 12.3. The molecule has 1 aliphatic rings. The van der Waals surface area contributed by atoms with Gasteiger partial charge in [-0.05, 0) is 11.0 Å². The Hall–Kier alpha value is -1.84. The van der Waals surface area contributed by atoms with Gasteiger partial charge in [0.15, 0.2) is 0 Å². The van der Waals surface area contributed by atoms with Gasteiger partial charge in [0.1, 0.15) is 0 Å². The average molecular weight is 274 g/mol. The van der Waals surface area contributed by atoms with Crippen molar-refractivity contribution < 1.29 is 9.59 Å². The maximum Gasteiger partial charge on any atom is 0.223 e. The molecule has 20 heavy (non-hydrogen) atoms. The Morgan fingerprint density at radius 3 is 2.35 bits per heavy atom.